The van der Waals surface area contributed by atoms with Crippen LogP contribution in [0.4, 0.5) is 0 Å². The second-order valence-corrected chi connectivity index (χ2v) is 6.21. The molecule has 6 heteroatoms. The maximum Gasteiger partial charge on any atom is 0.241 e. The molecule has 6 nitrogen and oxygen atoms in total. The number of benzene rings is 1. The first-order valence-electron chi connectivity index (χ1n) is 8.18. The van der Waals surface area contributed by atoms with E-state index in [0.717, 1.165) is 42.9 Å². The number of ether oxygens (including phenoxy) is 1. The lowest BCUT2D eigenvalue weighted by molar-refractivity contribution is -0.119. The maximum atomic E-state index is 11.2. The Bertz CT molecular complexity index is 720. The van der Waals surface area contributed by atoms with Crippen molar-refractivity contribution in [2.24, 2.45) is 5.73 Å². The molecule has 24 heavy (non-hydrogen) atoms. The van der Waals surface area contributed by atoms with Crippen molar-refractivity contribution in [1.29, 1.82) is 0 Å². The molecule has 2 aromatic rings. The van der Waals surface area contributed by atoms with Crippen molar-refractivity contribution in [3.8, 4) is 11.6 Å². The van der Waals surface area contributed by atoms with Crippen molar-refractivity contribution in [3.05, 3.63) is 47.9 Å². The van der Waals surface area contributed by atoms with Crippen LogP contribution in [0.3, 0.4) is 0 Å². The van der Waals surface area contributed by atoms with Crippen molar-refractivity contribution < 1.29 is 9.53 Å². The van der Waals surface area contributed by atoms with Crippen LogP contribution in [0.25, 0.3) is 0 Å². The molecule has 2 N–H and O–H groups in total. The zero-order valence-corrected chi connectivity index (χ0v) is 13.8. The van der Waals surface area contributed by atoms with E-state index in [4.69, 9.17) is 10.5 Å². The fraction of sp³-hybridized carbons (Fsp3) is 0.389. The lowest BCUT2D eigenvalue weighted by Gasteiger charge is -2.31. The van der Waals surface area contributed by atoms with Crippen LogP contribution in [-0.4, -0.2) is 40.4 Å². The molecule has 1 saturated heterocycles. The molecule has 1 atom stereocenters. The Kier molecular flexibility index (Phi) is 5.05. The lowest BCUT2D eigenvalue weighted by Crippen LogP contribution is -2.40. The van der Waals surface area contributed by atoms with Gasteiger partial charge < -0.3 is 10.5 Å². The molecule has 0 bridgehead atoms. The average molecular weight is 326 g/mol. The number of aryl methyl sites for hydroxylation is 1. The van der Waals surface area contributed by atoms with Crippen LogP contribution < -0.4 is 10.5 Å². The molecule has 0 unspecified atom stereocenters. The smallest absolute Gasteiger partial charge is 0.241 e. The molecule has 0 radical (unpaired) electrons. The van der Waals surface area contributed by atoms with E-state index in [1.807, 2.05) is 31.2 Å². The summed E-state index contributed by atoms with van der Waals surface area (Å²) < 4.78 is 5.98. The zero-order valence-electron chi connectivity index (χ0n) is 13.8. The van der Waals surface area contributed by atoms with Gasteiger partial charge in [-0.1, -0.05) is 12.1 Å². The van der Waals surface area contributed by atoms with Gasteiger partial charge in [-0.25, -0.2) is 4.98 Å². The third-order valence-corrected chi connectivity index (χ3v) is 4.17. The Labute approximate surface area is 141 Å². The van der Waals surface area contributed by atoms with Crippen LogP contribution in [0, 0.1) is 6.92 Å². The number of aromatic nitrogens is 2. The SMILES string of the molecule is Cc1cccc(Oc2nccnc2[C@@H]2CCCN(CC(N)=O)C2)c1. The number of hydrogen-bond acceptors (Lipinski definition) is 5. The monoisotopic (exact) mass is 326 g/mol. The number of rotatable bonds is 5. The number of likely N-dealkylation sites (tertiary alicyclic amines) is 1. The molecule has 1 amide bonds. The summed E-state index contributed by atoms with van der Waals surface area (Å²) in [5, 5.41) is 0. The lowest BCUT2D eigenvalue weighted by atomic mass is 9.94. The third-order valence-electron chi connectivity index (χ3n) is 4.17. The van der Waals surface area contributed by atoms with E-state index in [1.54, 1.807) is 12.4 Å². The molecule has 126 valence electrons. The highest BCUT2D eigenvalue weighted by Crippen LogP contribution is 2.32. The number of piperidine rings is 1. The molecule has 1 aliphatic heterocycles. The molecular weight excluding hydrogens is 304 g/mol. The van der Waals surface area contributed by atoms with Crippen molar-refractivity contribution in [1.82, 2.24) is 14.9 Å². The molecule has 1 fully saturated rings. The summed E-state index contributed by atoms with van der Waals surface area (Å²) in [6.07, 6.45) is 5.32. The van der Waals surface area contributed by atoms with E-state index >= 15 is 0 Å². The van der Waals surface area contributed by atoms with Crippen molar-refractivity contribution in [3.63, 3.8) is 0 Å². The first-order chi connectivity index (χ1) is 11.6. The van der Waals surface area contributed by atoms with Gasteiger partial charge in [0, 0.05) is 24.9 Å². The van der Waals surface area contributed by atoms with E-state index in [9.17, 15) is 4.79 Å². The normalized spacial score (nSPS) is 18.3. The fourth-order valence-electron chi connectivity index (χ4n) is 3.13. The first-order valence-corrected chi connectivity index (χ1v) is 8.18. The van der Waals surface area contributed by atoms with Gasteiger partial charge in [0.2, 0.25) is 11.8 Å². The van der Waals surface area contributed by atoms with Gasteiger partial charge in [-0.3, -0.25) is 14.7 Å². The van der Waals surface area contributed by atoms with E-state index in [2.05, 4.69) is 14.9 Å². The average Bonchev–Trinajstić information content (AvgIpc) is 2.55. The second kappa shape index (κ2) is 7.40. The number of carbonyl (C=O) groups excluding carboxylic acids is 1. The summed E-state index contributed by atoms with van der Waals surface area (Å²) in [5.74, 6) is 1.17. The number of primary amides is 1. The predicted molar refractivity (Wildman–Crippen MR) is 90.9 cm³/mol. The number of hydrogen-bond donors (Lipinski definition) is 1. The first kappa shape index (κ1) is 16.4. The fourth-order valence-corrected chi connectivity index (χ4v) is 3.13. The van der Waals surface area contributed by atoms with Gasteiger partial charge >= 0.3 is 0 Å². The van der Waals surface area contributed by atoms with Gasteiger partial charge in [0.15, 0.2) is 0 Å². The van der Waals surface area contributed by atoms with Crippen LogP contribution in [0.2, 0.25) is 0 Å². The Balaban J connectivity index is 1.79. The van der Waals surface area contributed by atoms with Crippen LogP contribution in [0.15, 0.2) is 36.7 Å². The van der Waals surface area contributed by atoms with Crippen molar-refractivity contribution in [2.75, 3.05) is 19.6 Å². The van der Waals surface area contributed by atoms with Crippen LogP contribution in [0.1, 0.15) is 30.0 Å². The van der Waals surface area contributed by atoms with E-state index in [1.165, 1.54) is 0 Å². The highest BCUT2D eigenvalue weighted by atomic mass is 16.5. The summed E-state index contributed by atoms with van der Waals surface area (Å²) in [5.41, 5.74) is 7.29. The molecule has 2 heterocycles. The van der Waals surface area contributed by atoms with Gasteiger partial charge in [0.05, 0.1) is 6.54 Å². The van der Waals surface area contributed by atoms with E-state index in [-0.39, 0.29) is 18.4 Å². The van der Waals surface area contributed by atoms with Gasteiger partial charge in [0.25, 0.3) is 0 Å². The Morgan fingerprint density at radius 1 is 1.38 bits per heavy atom. The molecule has 1 aromatic carbocycles. The number of nitrogens with two attached hydrogens (primary N) is 1. The summed E-state index contributed by atoms with van der Waals surface area (Å²) >= 11 is 0. The summed E-state index contributed by atoms with van der Waals surface area (Å²) in [4.78, 5) is 22.1. The Hall–Kier alpha value is -2.47. The van der Waals surface area contributed by atoms with Gasteiger partial charge in [-0.15, -0.1) is 0 Å². The Morgan fingerprint density at radius 2 is 2.21 bits per heavy atom. The standard InChI is InChI=1S/C18H22N4O2/c1-13-4-2-6-15(10-13)24-18-17(20-7-8-21-18)14-5-3-9-22(11-14)12-16(19)23/h2,4,6-8,10,14H,3,5,9,11-12H2,1H3,(H2,19,23)/t14-/m1/s1. The van der Waals surface area contributed by atoms with Gasteiger partial charge in [-0.2, -0.15) is 0 Å². The Morgan fingerprint density at radius 3 is 3.00 bits per heavy atom. The van der Waals surface area contributed by atoms with E-state index in [0.29, 0.717) is 5.88 Å². The summed E-state index contributed by atoms with van der Waals surface area (Å²) in [6, 6.07) is 7.85. The van der Waals surface area contributed by atoms with Crippen LogP contribution >= 0.6 is 0 Å². The zero-order chi connectivity index (χ0) is 16.9. The maximum absolute atomic E-state index is 11.2. The van der Waals surface area contributed by atoms with Gasteiger partial charge in [0.1, 0.15) is 11.4 Å². The topological polar surface area (TPSA) is 81.3 Å². The molecule has 0 spiro atoms. The van der Waals surface area contributed by atoms with Crippen LogP contribution in [0.5, 0.6) is 11.6 Å². The minimum absolute atomic E-state index is 0.187. The highest BCUT2D eigenvalue weighted by Gasteiger charge is 2.26. The van der Waals surface area contributed by atoms with Crippen LogP contribution in [-0.2, 0) is 4.79 Å². The highest BCUT2D eigenvalue weighted by molar-refractivity contribution is 5.75. The molecule has 1 aliphatic rings. The minimum Gasteiger partial charge on any atom is -0.437 e. The molecular formula is C18H22N4O2. The molecule has 1 aromatic heterocycles. The number of nitrogens with zero attached hydrogens (tertiary/aromatic N) is 3. The number of carbonyl (C=O) groups is 1. The molecule has 0 aliphatic carbocycles. The second-order valence-electron chi connectivity index (χ2n) is 6.21. The predicted octanol–water partition coefficient (Wildman–Crippen LogP) is 2.24. The van der Waals surface area contributed by atoms with Gasteiger partial charge in [-0.05, 0) is 44.0 Å². The molecule has 0 saturated carbocycles. The third kappa shape index (κ3) is 4.08. The van der Waals surface area contributed by atoms with Crippen molar-refractivity contribution in [2.45, 2.75) is 25.7 Å². The minimum atomic E-state index is -0.300. The summed E-state index contributed by atoms with van der Waals surface area (Å²) in [6.45, 7) is 3.93. The van der Waals surface area contributed by atoms with Crippen molar-refractivity contribution >= 4 is 5.91 Å². The quantitative estimate of drug-likeness (QED) is 0.911. The number of amides is 1. The molecule has 3 rings (SSSR count). The summed E-state index contributed by atoms with van der Waals surface area (Å²) in [7, 11) is 0. The van der Waals surface area contributed by atoms with E-state index < -0.39 is 0 Å². The largest absolute Gasteiger partial charge is 0.437 e.